The molecule has 0 aliphatic heterocycles. The maximum Gasteiger partial charge on any atom is 0.122 e. The van der Waals surface area contributed by atoms with Gasteiger partial charge in [-0.05, 0) is 43.4 Å². The van der Waals surface area contributed by atoms with Crippen molar-refractivity contribution in [2.24, 2.45) is 0 Å². The van der Waals surface area contributed by atoms with Crippen LogP contribution in [0.5, 0.6) is 11.5 Å². The molecule has 0 amide bonds. The lowest BCUT2D eigenvalue weighted by molar-refractivity contribution is 0.150. The van der Waals surface area contributed by atoms with E-state index in [1.165, 1.54) is 32.1 Å². The number of ether oxygens (including phenoxy) is 1. The van der Waals surface area contributed by atoms with Gasteiger partial charge in [0, 0.05) is 6.07 Å². The first kappa shape index (κ1) is 19.8. The lowest BCUT2D eigenvalue weighted by Gasteiger charge is -2.08. The number of aryl methyl sites for hydroxylation is 1. The zero-order chi connectivity index (χ0) is 16.9. The number of phenols is 1. The van der Waals surface area contributed by atoms with Gasteiger partial charge in [-0.25, -0.2) is 0 Å². The van der Waals surface area contributed by atoms with E-state index in [9.17, 15) is 10.2 Å². The summed E-state index contributed by atoms with van der Waals surface area (Å²) in [7, 11) is 1.62. The molecule has 1 atom stereocenters. The van der Waals surface area contributed by atoms with Gasteiger partial charge in [-0.3, -0.25) is 0 Å². The van der Waals surface area contributed by atoms with Crippen molar-refractivity contribution in [1.82, 2.24) is 0 Å². The van der Waals surface area contributed by atoms with Crippen LogP contribution in [-0.2, 0) is 6.42 Å². The lowest BCUT2D eigenvalue weighted by atomic mass is 10.0. The van der Waals surface area contributed by atoms with Crippen LogP contribution in [0.2, 0.25) is 0 Å². The van der Waals surface area contributed by atoms with Gasteiger partial charge in [0.1, 0.15) is 11.5 Å². The highest BCUT2D eigenvalue weighted by Gasteiger charge is 2.02. The largest absolute Gasteiger partial charge is 0.508 e. The van der Waals surface area contributed by atoms with E-state index in [1.807, 2.05) is 12.1 Å². The minimum absolute atomic E-state index is 0.0840. The second-order valence-corrected chi connectivity index (χ2v) is 6.50. The molecule has 1 rings (SSSR count). The highest BCUT2D eigenvalue weighted by molar-refractivity contribution is 5.37. The van der Waals surface area contributed by atoms with Crippen LogP contribution in [0.4, 0.5) is 0 Å². The Kier molecular flexibility index (Phi) is 10.5. The third-order valence-electron chi connectivity index (χ3n) is 4.31. The molecule has 0 saturated heterocycles. The van der Waals surface area contributed by atoms with Gasteiger partial charge in [0.2, 0.25) is 0 Å². The van der Waals surface area contributed by atoms with Crippen molar-refractivity contribution in [3.05, 3.63) is 23.8 Å². The van der Waals surface area contributed by atoms with Crippen LogP contribution in [0.1, 0.15) is 76.7 Å². The molecule has 0 saturated carbocycles. The fourth-order valence-electron chi connectivity index (χ4n) is 2.98. The van der Waals surface area contributed by atoms with E-state index in [0.717, 1.165) is 49.8 Å². The topological polar surface area (TPSA) is 49.7 Å². The molecule has 0 aliphatic carbocycles. The van der Waals surface area contributed by atoms with Crippen molar-refractivity contribution in [3.63, 3.8) is 0 Å². The lowest BCUT2D eigenvalue weighted by Crippen LogP contribution is -2.04. The predicted octanol–water partition coefficient (Wildman–Crippen LogP) is 5.23. The quantitative estimate of drug-likeness (QED) is 0.489. The summed E-state index contributed by atoms with van der Waals surface area (Å²) >= 11 is 0. The Balaban J connectivity index is 2.00. The third kappa shape index (κ3) is 9.50. The van der Waals surface area contributed by atoms with Crippen molar-refractivity contribution < 1.29 is 14.9 Å². The molecule has 0 radical (unpaired) electrons. The molecule has 0 bridgehead atoms. The van der Waals surface area contributed by atoms with E-state index in [4.69, 9.17) is 4.74 Å². The SMILES string of the molecule is CCCC(O)CCCCCCCCCc1cc(O)cc(OC)c1. The molecular weight excluding hydrogens is 288 g/mol. The summed E-state index contributed by atoms with van der Waals surface area (Å²) in [6, 6.07) is 5.46. The van der Waals surface area contributed by atoms with E-state index in [-0.39, 0.29) is 11.9 Å². The Labute approximate surface area is 141 Å². The fourth-order valence-corrected chi connectivity index (χ4v) is 2.98. The molecule has 3 nitrogen and oxygen atoms in total. The van der Waals surface area contributed by atoms with Gasteiger partial charge in [0.25, 0.3) is 0 Å². The Morgan fingerprint density at radius 2 is 1.57 bits per heavy atom. The molecule has 1 aromatic carbocycles. The monoisotopic (exact) mass is 322 g/mol. The van der Waals surface area contributed by atoms with Crippen LogP contribution in [0.3, 0.4) is 0 Å². The summed E-state index contributed by atoms with van der Waals surface area (Å²) in [5, 5.41) is 19.3. The molecular formula is C20H34O3. The minimum Gasteiger partial charge on any atom is -0.508 e. The Morgan fingerprint density at radius 3 is 2.22 bits per heavy atom. The maximum absolute atomic E-state index is 9.66. The van der Waals surface area contributed by atoms with Crippen LogP contribution >= 0.6 is 0 Å². The number of methoxy groups -OCH3 is 1. The zero-order valence-electron chi connectivity index (χ0n) is 14.9. The van der Waals surface area contributed by atoms with Crippen LogP contribution in [0.25, 0.3) is 0 Å². The molecule has 0 aromatic heterocycles. The van der Waals surface area contributed by atoms with Gasteiger partial charge in [0.15, 0.2) is 0 Å². The third-order valence-corrected chi connectivity index (χ3v) is 4.31. The van der Waals surface area contributed by atoms with Gasteiger partial charge < -0.3 is 14.9 Å². The molecule has 1 unspecified atom stereocenters. The van der Waals surface area contributed by atoms with Crippen molar-refractivity contribution >= 4 is 0 Å². The minimum atomic E-state index is -0.0840. The highest BCUT2D eigenvalue weighted by Crippen LogP contribution is 2.23. The molecule has 1 aromatic rings. The summed E-state index contributed by atoms with van der Waals surface area (Å²) in [5.74, 6) is 1.01. The highest BCUT2D eigenvalue weighted by atomic mass is 16.5. The second-order valence-electron chi connectivity index (χ2n) is 6.50. The first-order valence-corrected chi connectivity index (χ1v) is 9.20. The molecule has 132 valence electrons. The number of rotatable bonds is 13. The molecule has 23 heavy (non-hydrogen) atoms. The standard InChI is InChI=1S/C20H34O3/c1-3-11-18(21)13-10-8-6-4-5-7-9-12-17-14-19(22)16-20(15-17)23-2/h14-16,18,21-22H,3-13H2,1-2H3. The average molecular weight is 322 g/mol. The van der Waals surface area contributed by atoms with Crippen molar-refractivity contribution in [2.45, 2.75) is 83.7 Å². The summed E-state index contributed by atoms with van der Waals surface area (Å²) in [5.41, 5.74) is 1.15. The van der Waals surface area contributed by atoms with Crippen molar-refractivity contribution in [2.75, 3.05) is 7.11 Å². The molecule has 3 heteroatoms. The predicted molar refractivity (Wildman–Crippen MR) is 96.2 cm³/mol. The first-order valence-electron chi connectivity index (χ1n) is 9.20. The van der Waals surface area contributed by atoms with Crippen LogP contribution < -0.4 is 4.74 Å². The number of benzene rings is 1. The van der Waals surface area contributed by atoms with Gasteiger partial charge >= 0.3 is 0 Å². The number of hydrogen-bond acceptors (Lipinski definition) is 3. The number of unbranched alkanes of at least 4 members (excludes halogenated alkanes) is 6. The number of hydrogen-bond donors (Lipinski definition) is 2. The van der Waals surface area contributed by atoms with E-state index in [2.05, 4.69) is 6.92 Å². The van der Waals surface area contributed by atoms with Gasteiger partial charge in [-0.15, -0.1) is 0 Å². The van der Waals surface area contributed by atoms with Crippen LogP contribution in [-0.4, -0.2) is 23.4 Å². The van der Waals surface area contributed by atoms with E-state index in [1.54, 1.807) is 13.2 Å². The first-order chi connectivity index (χ1) is 11.2. The zero-order valence-corrected chi connectivity index (χ0v) is 14.9. The molecule has 0 fully saturated rings. The van der Waals surface area contributed by atoms with E-state index in [0.29, 0.717) is 0 Å². The fraction of sp³-hybridized carbons (Fsp3) is 0.700. The summed E-state index contributed by atoms with van der Waals surface area (Å²) < 4.78 is 5.17. The number of aromatic hydroxyl groups is 1. The maximum atomic E-state index is 9.66. The Hall–Kier alpha value is -1.22. The molecule has 0 aliphatic rings. The summed E-state index contributed by atoms with van der Waals surface area (Å²) in [6.45, 7) is 2.12. The number of aliphatic hydroxyl groups excluding tert-OH is 1. The van der Waals surface area contributed by atoms with E-state index < -0.39 is 0 Å². The second kappa shape index (κ2) is 12.2. The molecule has 0 spiro atoms. The van der Waals surface area contributed by atoms with Crippen LogP contribution in [0, 0.1) is 0 Å². The Morgan fingerprint density at radius 1 is 0.913 bits per heavy atom. The smallest absolute Gasteiger partial charge is 0.122 e. The molecule has 0 heterocycles. The van der Waals surface area contributed by atoms with Gasteiger partial charge in [-0.1, -0.05) is 51.9 Å². The van der Waals surface area contributed by atoms with Crippen molar-refractivity contribution in [3.8, 4) is 11.5 Å². The van der Waals surface area contributed by atoms with Gasteiger partial charge in [-0.2, -0.15) is 0 Å². The van der Waals surface area contributed by atoms with Gasteiger partial charge in [0.05, 0.1) is 13.2 Å². The average Bonchev–Trinajstić information content (AvgIpc) is 2.53. The normalized spacial score (nSPS) is 12.3. The summed E-state index contributed by atoms with van der Waals surface area (Å²) in [4.78, 5) is 0. The van der Waals surface area contributed by atoms with Crippen LogP contribution in [0.15, 0.2) is 18.2 Å². The number of phenolic OH excluding ortho intramolecular Hbond substituents is 1. The summed E-state index contributed by atoms with van der Waals surface area (Å²) in [6.07, 6.45) is 12.5. The molecule has 2 N–H and O–H groups in total. The number of aliphatic hydroxyl groups is 1. The Bertz CT molecular complexity index is 417. The van der Waals surface area contributed by atoms with Crippen molar-refractivity contribution in [1.29, 1.82) is 0 Å². The van der Waals surface area contributed by atoms with E-state index >= 15 is 0 Å².